The van der Waals surface area contributed by atoms with E-state index in [1.807, 2.05) is 0 Å². The highest BCUT2D eigenvalue weighted by atomic mass is 16.1. The van der Waals surface area contributed by atoms with Crippen molar-refractivity contribution in [1.82, 2.24) is 5.32 Å². The van der Waals surface area contributed by atoms with Gasteiger partial charge in [0.1, 0.15) is 0 Å². The van der Waals surface area contributed by atoms with Crippen molar-refractivity contribution in [1.29, 1.82) is 0 Å². The van der Waals surface area contributed by atoms with Gasteiger partial charge in [0, 0.05) is 13.1 Å². The first-order valence-corrected chi connectivity index (χ1v) is 3.11. The average molecular weight is 126 g/mol. The van der Waals surface area contributed by atoms with Gasteiger partial charge < -0.3 is 5.32 Å². The molecule has 0 saturated carbocycles. The van der Waals surface area contributed by atoms with Crippen molar-refractivity contribution < 1.29 is 4.79 Å². The third-order valence-electron chi connectivity index (χ3n) is 0.893. The standard InChI is InChI=1S/C7H12NO/c1-3-4-5-6-7(9)8-2/h5H,3-4H2,1-2H3,(H,8,9). The average Bonchev–Trinajstić information content (AvgIpc) is 1.89. The summed E-state index contributed by atoms with van der Waals surface area (Å²) >= 11 is 0. The van der Waals surface area contributed by atoms with Crippen LogP contribution >= 0.6 is 0 Å². The molecule has 0 aliphatic rings. The Bertz CT molecular complexity index is 107. The molecule has 0 unspecified atom stereocenters. The third-order valence-corrected chi connectivity index (χ3v) is 0.893. The van der Waals surface area contributed by atoms with Crippen LogP contribution in [0.5, 0.6) is 0 Å². The Labute approximate surface area is 56.0 Å². The topological polar surface area (TPSA) is 29.1 Å². The van der Waals surface area contributed by atoms with E-state index in [1.54, 1.807) is 13.1 Å². The third kappa shape index (κ3) is 5.07. The van der Waals surface area contributed by atoms with Gasteiger partial charge >= 0.3 is 0 Å². The molecule has 0 aliphatic carbocycles. The van der Waals surface area contributed by atoms with Gasteiger partial charge in [0.25, 0.3) is 5.91 Å². The molecule has 1 amide bonds. The van der Waals surface area contributed by atoms with Gasteiger partial charge in [0.2, 0.25) is 0 Å². The summed E-state index contributed by atoms with van der Waals surface area (Å²) in [5, 5.41) is 2.44. The number of likely N-dealkylation sites (N-methyl/N-ethyl adjacent to an activating group) is 1. The van der Waals surface area contributed by atoms with E-state index in [-0.39, 0.29) is 5.91 Å². The molecule has 0 rings (SSSR count). The van der Waals surface area contributed by atoms with Crippen molar-refractivity contribution in [2.45, 2.75) is 19.8 Å². The van der Waals surface area contributed by atoms with E-state index in [0.29, 0.717) is 0 Å². The molecule has 2 nitrogen and oxygen atoms in total. The number of carbonyl (C=O) groups is 1. The van der Waals surface area contributed by atoms with E-state index in [1.165, 1.54) is 0 Å². The molecule has 0 heterocycles. The Morgan fingerprint density at radius 1 is 1.78 bits per heavy atom. The summed E-state index contributed by atoms with van der Waals surface area (Å²) in [6.45, 7) is 2.06. The molecule has 1 N–H and O–H groups in total. The van der Waals surface area contributed by atoms with Crippen molar-refractivity contribution >= 4 is 5.91 Å². The maximum atomic E-state index is 10.4. The lowest BCUT2D eigenvalue weighted by atomic mass is 10.3. The maximum absolute atomic E-state index is 10.4. The van der Waals surface area contributed by atoms with Crippen LogP contribution in [0.4, 0.5) is 0 Å². The number of amides is 1. The van der Waals surface area contributed by atoms with Crippen LogP contribution in [-0.2, 0) is 4.79 Å². The molecule has 0 bridgehead atoms. The molecular formula is C7H12NO. The molecule has 0 aliphatic heterocycles. The summed E-state index contributed by atoms with van der Waals surface area (Å²) in [7, 11) is 1.59. The van der Waals surface area contributed by atoms with Crippen LogP contribution < -0.4 is 5.32 Å². The largest absolute Gasteiger partial charge is 0.355 e. The summed E-state index contributed by atoms with van der Waals surface area (Å²) in [6.07, 6.45) is 6.29. The van der Waals surface area contributed by atoms with E-state index in [4.69, 9.17) is 0 Å². The number of hydrogen-bond acceptors (Lipinski definition) is 1. The van der Waals surface area contributed by atoms with Crippen LogP contribution in [0, 0.1) is 6.08 Å². The fraction of sp³-hybridized carbons (Fsp3) is 0.571. The molecular weight excluding hydrogens is 114 g/mol. The number of rotatable bonds is 3. The molecule has 51 valence electrons. The van der Waals surface area contributed by atoms with Crippen LogP contribution in [0.3, 0.4) is 0 Å². The number of nitrogens with one attached hydrogen (secondary N) is 1. The van der Waals surface area contributed by atoms with Crippen molar-refractivity contribution in [3.05, 3.63) is 12.2 Å². The predicted octanol–water partition coefficient (Wildman–Crippen LogP) is 0.892. The SMILES string of the molecule is CCC/C=[C]\C(=O)NC. The summed E-state index contributed by atoms with van der Waals surface area (Å²) in [5.41, 5.74) is 0. The fourth-order valence-corrected chi connectivity index (χ4v) is 0.381. The Balaban J connectivity index is 3.32. The Morgan fingerprint density at radius 3 is 2.89 bits per heavy atom. The summed E-state index contributed by atoms with van der Waals surface area (Å²) in [6, 6.07) is 0. The Kier molecular flexibility index (Phi) is 4.88. The smallest absolute Gasteiger partial charge is 0.251 e. The first kappa shape index (κ1) is 8.21. The van der Waals surface area contributed by atoms with Gasteiger partial charge in [-0.1, -0.05) is 19.4 Å². The minimum absolute atomic E-state index is 0.150. The molecule has 0 aromatic heterocycles. The van der Waals surface area contributed by atoms with Crippen molar-refractivity contribution in [3.8, 4) is 0 Å². The molecule has 0 atom stereocenters. The van der Waals surface area contributed by atoms with Crippen LogP contribution in [0.15, 0.2) is 6.08 Å². The van der Waals surface area contributed by atoms with Crippen molar-refractivity contribution in [2.75, 3.05) is 7.05 Å². The highest BCUT2D eigenvalue weighted by molar-refractivity contribution is 5.82. The molecule has 0 saturated heterocycles. The van der Waals surface area contributed by atoms with Gasteiger partial charge in [-0.15, -0.1) is 0 Å². The highest BCUT2D eigenvalue weighted by Gasteiger charge is 1.85. The maximum Gasteiger partial charge on any atom is 0.251 e. The molecule has 0 spiro atoms. The highest BCUT2D eigenvalue weighted by Crippen LogP contribution is 1.86. The zero-order valence-electron chi connectivity index (χ0n) is 5.90. The van der Waals surface area contributed by atoms with Gasteiger partial charge in [-0.05, 0) is 6.42 Å². The second-order valence-electron chi connectivity index (χ2n) is 1.72. The van der Waals surface area contributed by atoms with Crippen LogP contribution in [0.25, 0.3) is 0 Å². The monoisotopic (exact) mass is 126 g/mol. The molecule has 9 heavy (non-hydrogen) atoms. The molecule has 2 heteroatoms. The Hall–Kier alpha value is -0.790. The number of unbranched alkanes of at least 4 members (excludes halogenated alkanes) is 1. The quantitative estimate of drug-likeness (QED) is 0.559. The van der Waals surface area contributed by atoms with Crippen LogP contribution in [-0.4, -0.2) is 13.0 Å². The molecule has 0 fully saturated rings. The van der Waals surface area contributed by atoms with E-state index < -0.39 is 0 Å². The first-order chi connectivity index (χ1) is 4.31. The number of carbonyl (C=O) groups excluding carboxylic acids is 1. The zero-order chi connectivity index (χ0) is 7.11. The molecule has 0 aromatic rings. The lowest BCUT2D eigenvalue weighted by Crippen LogP contribution is -2.14. The van der Waals surface area contributed by atoms with Crippen LogP contribution in [0.2, 0.25) is 0 Å². The second-order valence-corrected chi connectivity index (χ2v) is 1.72. The Morgan fingerprint density at radius 2 is 2.44 bits per heavy atom. The van der Waals surface area contributed by atoms with Gasteiger partial charge in [0.15, 0.2) is 0 Å². The van der Waals surface area contributed by atoms with E-state index >= 15 is 0 Å². The normalized spacial score (nSPS) is 10.0. The second kappa shape index (κ2) is 5.35. The lowest BCUT2D eigenvalue weighted by molar-refractivity contribution is -0.116. The summed E-state index contributed by atoms with van der Waals surface area (Å²) in [5.74, 6) is -0.150. The molecule has 1 radical (unpaired) electrons. The van der Waals surface area contributed by atoms with Crippen molar-refractivity contribution in [2.24, 2.45) is 0 Å². The predicted molar refractivity (Wildman–Crippen MR) is 36.8 cm³/mol. The minimum Gasteiger partial charge on any atom is -0.355 e. The van der Waals surface area contributed by atoms with Gasteiger partial charge in [-0.25, -0.2) is 0 Å². The van der Waals surface area contributed by atoms with E-state index in [0.717, 1.165) is 12.8 Å². The molecule has 0 aromatic carbocycles. The number of allylic oxidation sites excluding steroid dienone is 1. The first-order valence-electron chi connectivity index (χ1n) is 3.11. The van der Waals surface area contributed by atoms with Gasteiger partial charge in [-0.3, -0.25) is 4.79 Å². The van der Waals surface area contributed by atoms with Gasteiger partial charge in [0.05, 0.1) is 0 Å². The number of hydrogen-bond donors (Lipinski definition) is 1. The van der Waals surface area contributed by atoms with E-state index in [9.17, 15) is 4.79 Å². The fourth-order valence-electron chi connectivity index (χ4n) is 0.381. The van der Waals surface area contributed by atoms with Crippen molar-refractivity contribution in [3.63, 3.8) is 0 Å². The van der Waals surface area contributed by atoms with Gasteiger partial charge in [-0.2, -0.15) is 0 Å². The van der Waals surface area contributed by atoms with Crippen LogP contribution in [0.1, 0.15) is 19.8 Å². The summed E-state index contributed by atoms with van der Waals surface area (Å²) < 4.78 is 0. The zero-order valence-corrected chi connectivity index (χ0v) is 5.90. The minimum atomic E-state index is -0.150. The summed E-state index contributed by atoms with van der Waals surface area (Å²) in [4.78, 5) is 10.4. The lowest BCUT2D eigenvalue weighted by Gasteiger charge is -1.86. The van der Waals surface area contributed by atoms with E-state index in [2.05, 4.69) is 18.3 Å².